The van der Waals surface area contributed by atoms with E-state index in [9.17, 15) is 37.5 Å². The summed E-state index contributed by atoms with van der Waals surface area (Å²) in [6.45, 7) is 4.92. The minimum atomic E-state index is -4.63. The van der Waals surface area contributed by atoms with Crippen LogP contribution in [0, 0.1) is 6.92 Å². The Kier molecular flexibility index (Phi) is 9.76. The van der Waals surface area contributed by atoms with Crippen molar-refractivity contribution in [1.82, 2.24) is 29.4 Å². The molecular weight excluding hydrogens is 671 g/mol. The number of pyridine rings is 1. The quantitative estimate of drug-likeness (QED) is 0.292. The average Bonchev–Trinajstić information content (AvgIpc) is 3.06. The van der Waals surface area contributed by atoms with E-state index in [4.69, 9.17) is 11.6 Å². The number of halogens is 4. The molecule has 3 amide bonds. The molecule has 1 saturated heterocycles. The Labute approximate surface area is 282 Å². The molecule has 18 heteroatoms. The molecule has 5 rings (SSSR count). The van der Waals surface area contributed by atoms with E-state index in [2.05, 4.69) is 25.3 Å². The summed E-state index contributed by atoms with van der Waals surface area (Å²) in [7, 11) is 1.46. The Morgan fingerprint density at radius 3 is 2.41 bits per heavy atom. The number of hydrogen-bond donors (Lipinski definition) is 2. The van der Waals surface area contributed by atoms with Gasteiger partial charge in [0.25, 0.3) is 5.91 Å². The monoisotopic (exact) mass is 701 g/mol. The molecule has 0 aliphatic carbocycles. The van der Waals surface area contributed by atoms with E-state index in [0.717, 1.165) is 12.1 Å². The van der Waals surface area contributed by atoms with Crippen LogP contribution in [0.4, 0.5) is 30.4 Å². The summed E-state index contributed by atoms with van der Waals surface area (Å²) in [5, 5.41) is 12.5. The second-order valence-corrected chi connectivity index (χ2v) is 11.6. The lowest BCUT2D eigenvalue weighted by atomic mass is 10.1. The number of aromatic hydroxyl groups is 1. The van der Waals surface area contributed by atoms with Gasteiger partial charge in [0.2, 0.25) is 17.2 Å². The van der Waals surface area contributed by atoms with Crippen molar-refractivity contribution in [2.45, 2.75) is 39.9 Å². The van der Waals surface area contributed by atoms with Gasteiger partial charge in [0, 0.05) is 45.8 Å². The van der Waals surface area contributed by atoms with Gasteiger partial charge in [0.1, 0.15) is 18.6 Å². The number of benzene rings is 1. The molecule has 0 bridgehead atoms. The molecule has 4 aromatic rings. The Morgan fingerprint density at radius 2 is 1.80 bits per heavy atom. The van der Waals surface area contributed by atoms with Gasteiger partial charge in [-0.05, 0) is 31.5 Å². The number of alkyl halides is 3. The molecule has 14 nitrogen and oxygen atoms in total. The summed E-state index contributed by atoms with van der Waals surface area (Å²) >= 11 is 6.07. The first-order chi connectivity index (χ1) is 23.1. The molecule has 0 radical (unpaired) electrons. The Hall–Kier alpha value is -5.32. The zero-order chi connectivity index (χ0) is 35.8. The zero-order valence-electron chi connectivity index (χ0n) is 26.8. The summed E-state index contributed by atoms with van der Waals surface area (Å²) in [4.78, 5) is 73.9. The molecule has 2 N–H and O–H groups in total. The van der Waals surface area contributed by atoms with Crippen LogP contribution < -0.4 is 20.5 Å². The number of hydrogen-bond acceptors (Lipinski definition) is 10. The van der Waals surface area contributed by atoms with E-state index < -0.39 is 35.5 Å². The molecule has 3 aromatic heterocycles. The Morgan fingerprint density at radius 1 is 1.10 bits per heavy atom. The first-order valence-electron chi connectivity index (χ1n) is 15.0. The second-order valence-electron chi connectivity index (χ2n) is 11.2. The minimum absolute atomic E-state index is 0.0448. The van der Waals surface area contributed by atoms with Crippen molar-refractivity contribution in [3.63, 3.8) is 0 Å². The maximum atomic E-state index is 14.2. The molecule has 49 heavy (non-hydrogen) atoms. The van der Waals surface area contributed by atoms with Crippen LogP contribution in [-0.2, 0) is 28.7 Å². The molecule has 1 aliphatic rings. The number of amides is 3. The van der Waals surface area contributed by atoms with E-state index in [0.29, 0.717) is 11.8 Å². The number of rotatable bonds is 7. The van der Waals surface area contributed by atoms with Gasteiger partial charge >= 0.3 is 6.18 Å². The number of fused-ring (bicyclic) bond motifs is 1. The normalized spacial score (nSPS) is 13.5. The Bertz CT molecular complexity index is 2030. The third-order valence-electron chi connectivity index (χ3n) is 8.14. The average molecular weight is 702 g/mol. The fraction of sp³-hybridized carbons (Fsp3) is 0.355. The molecule has 0 saturated carbocycles. The van der Waals surface area contributed by atoms with Gasteiger partial charge in [0.05, 0.1) is 28.2 Å². The summed E-state index contributed by atoms with van der Waals surface area (Å²) in [6.07, 6.45) is -1.90. The topological polar surface area (TPSA) is 167 Å². The number of nitrogens with one attached hydrogen (secondary N) is 1. The van der Waals surface area contributed by atoms with E-state index >= 15 is 0 Å². The van der Waals surface area contributed by atoms with Crippen molar-refractivity contribution in [3.8, 4) is 5.75 Å². The van der Waals surface area contributed by atoms with Gasteiger partial charge in [-0.3, -0.25) is 24.1 Å². The fourth-order valence-corrected chi connectivity index (χ4v) is 5.66. The van der Waals surface area contributed by atoms with Crippen molar-refractivity contribution in [2.75, 3.05) is 48.3 Å². The highest BCUT2D eigenvalue weighted by Gasteiger charge is 2.32. The maximum Gasteiger partial charge on any atom is 0.416 e. The van der Waals surface area contributed by atoms with Crippen molar-refractivity contribution < 1.29 is 32.7 Å². The van der Waals surface area contributed by atoms with Crippen LogP contribution in [0.3, 0.4) is 0 Å². The highest BCUT2D eigenvalue weighted by molar-refractivity contribution is 6.33. The van der Waals surface area contributed by atoms with Gasteiger partial charge in [0.15, 0.2) is 28.4 Å². The molecule has 0 spiro atoms. The summed E-state index contributed by atoms with van der Waals surface area (Å²) < 4.78 is 40.9. The third-order valence-corrected chi connectivity index (χ3v) is 8.45. The highest BCUT2D eigenvalue weighted by atomic mass is 35.5. The molecule has 0 atom stereocenters. The van der Waals surface area contributed by atoms with Crippen molar-refractivity contribution in [3.05, 3.63) is 68.6 Å². The highest BCUT2D eigenvalue weighted by Crippen LogP contribution is 2.34. The molecule has 0 unspecified atom stereocenters. The van der Waals surface area contributed by atoms with Crippen LogP contribution in [0.5, 0.6) is 5.75 Å². The number of carbonyl (C=O) groups is 3. The predicted molar refractivity (Wildman–Crippen MR) is 174 cm³/mol. The van der Waals surface area contributed by atoms with Crippen molar-refractivity contribution in [2.24, 2.45) is 0 Å². The van der Waals surface area contributed by atoms with Crippen LogP contribution in [0.1, 0.15) is 41.3 Å². The molecule has 1 aliphatic heterocycles. The largest absolute Gasteiger partial charge is 0.504 e. The lowest BCUT2D eigenvalue weighted by molar-refractivity contribution is -0.137. The number of nitrogens with zero attached hydrogens (tertiary/aromatic N) is 8. The molecule has 1 aromatic carbocycles. The van der Waals surface area contributed by atoms with Gasteiger partial charge in [-0.15, -0.1) is 0 Å². The standard InChI is InChI=1S/C31H31ClF3N9O5/c1-5-21-26(42-8-10-43(11-9-42)30(49)25-27(47)16(2)37-15-38-25)28(48)24-29(36-13-22(40-24)41(4)17(3)45)44(21)14-23(46)39-20-7-6-18(12-19(20)32)31(33,34)35/h6-7,12-13,15,47H,5,8-11,14H2,1-4H3,(H,39,46). The van der Waals surface area contributed by atoms with E-state index in [-0.39, 0.29) is 89.0 Å². The van der Waals surface area contributed by atoms with Gasteiger partial charge in [-0.2, -0.15) is 13.2 Å². The fourth-order valence-electron chi connectivity index (χ4n) is 5.43. The molecule has 4 heterocycles. The summed E-state index contributed by atoms with van der Waals surface area (Å²) in [5.41, 5.74) is -0.887. The first kappa shape index (κ1) is 35.0. The number of aromatic nitrogens is 5. The number of aryl methyl sites for hydroxylation is 1. The summed E-state index contributed by atoms with van der Waals surface area (Å²) in [5.74, 6) is -1.76. The van der Waals surface area contributed by atoms with E-state index in [1.54, 1.807) is 18.7 Å². The number of anilines is 3. The van der Waals surface area contributed by atoms with Crippen molar-refractivity contribution in [1.29, 1.82) is 0 Å². The second kappa shape index (κ2) is 13.7. The molecular formula is C31H31ClF3N9O5. The smallest absolute Gasteiger partial charge is 0.416 e. The SMILES string of the molecule is CCc1c(N2CCN(C(=O)c3ncnc(C)c3O)CC2)c(=O)c2nc(N(C)C(C)=O)cnc2n1CC(=O)Nc1ccc(C(F)(F)F)cc1Cl. The maximum absolute atomic E-state index is 14.2. The van der Waals surface area contributed by atoms with E-state index in [1.807, 2.05) is 0 Å². The Balaban J connectivity index is 1.52. The van der Waals surface area contributed by atoms with Crippen molar-refractivity contribution >= 4 is 57.7 Å². The van der Waals surface area contributed by atoms with Gasteiger partial charge in [-0.1, -0.05) is 18.5 Å². The van der Waals surface area contributed by atoms with Crippen LogP contribution >= 0.6 is 11.6 Å². The van der Waals surface area contributed by atoms with Gasteiger partial charge in [-0.25, -0.2) is 19.9 Å². The van der Waals surface area contributed by atoms with Crippen LogP contribution in [0.15, 0.2) is 35.5 Å². The van der Waals surface area contributed by atoms with Crippen LogP contribution in [0.25, 0.3) is 11.2 Å². The third kappa shape index (κ3) is 6.97. The number of piperazine rings is 1. The van der Waals surface area contributed by atoms with Crippen LogP contribution in [-0.4, -0.2) is 85.5 Å². The number of carbonyl (C=O) groups excluding carboxylic acids is 3. The lowest BCUT2D eigenvalue weighted by Crippen LogP contribution is -2.50. The molecule has 1 fully saturated rings. The first-order valence-corrected chi connectivity index (χ1v) is 15.4. The zero-order valence-corrected chi connectivity index (χ0v) is 27.6. The molecule has 258 valence electrons. The lowest BCUT2D eigenvalue weighted by Gasteiger charge is -2.37. The van der Waals surface area contributed by atoms with Crippen LogP contribution in [0.2, 0.25) is 5.02 Å². The van der Waals surface area contributed by atoms with Gasteiger partial charge < -0.3 is 24.8 Å². The predicted octanol–water partition coefficient (Wildman–Crippen LogP) is 3.41. The van der Waals surface area contributed by atoms with E-state index in [1.165, 1.54) is 40.9 Å². The summed E-state index contributed by atoms with van der Waals surface area (Å²) in [6, 6.07) is 2.55. The minimum Gasteiger partial charge on any atom is -0.504 e.